The molecule has 0 aromatic heterocycles. The van der Waals surface area contributed by atoms with E-state index in [1.54, 1.807) is 0 Å². The molecular formula is C16H26N4O10. The highest BCUT2D eigenvalue weighted by atomic mass is 16.4. The summed E-state index contributed by atoms with van der Waals surface area (Å²) in [4.78, 5) is 68.3. The molecule has 14 heteroatoms. The summed E-state index contributed by atoms with van der Waals surface area (Å²) in [5, 5.41) is 42.0. The lowest BCUT2D eigenvalue weighted by Gasteiger charge is -2.21. The van der Waals surface area contributed by atoms with Gasteiger partial charge in [-0.15, -0.1) is 0 Å². The number of hydrogen-bond donors (Lipinski definition) is 8. The third kappa shape index (κ3) is 10.9. The van der Waals surface area contributed by atoms with Crippen molar-refractivity contribution < 1.29 is 49.2 Å². The Morgan fingerprint density at radius 3 is 1.77 bits per heavy atom. The van der Waals surface area contributed by atoms with E-state index in [2.05, 4.69) is 10.6 Å². The molecule has 0 aliphatic rings. The molecule has 14 nitrogen and oxygen atoms in total. The van der Waals surface area contributed by atoms with Gasteiger partial charge in [0.05, 0.1) is 12.6 Å². The van der Waals surface area contributed by atoms with Crippen molar-refractivity contribution in [3.8, 4) is 0 Å². The number of carboxylic acid groups (broad SMARTS) is 3. The van der Waals surface area contributed by atoms with Crippen molar-refractivity contribution in [1.82, 2.24) is 16.0 Å². The largest absolute Gasteiger partial charge is 0.481 e. The molecule has 0 spiro atoms. The normalized spacial score (nSPS) is 14.5. The van der Waals surface area contributed by atoms with Gasteiger partial charge in [0, 0.05) is 12.8 Å². The van der Waals surface area contributed by atoms with Crippen LogP contribution in [0.5, 0.6) is 0 Å². The summed E-state index contributed by atoms with van der Waals surface area (Å²) < 4.78 is 0. The topological polar surface area (TPSA) is 245 Å². The maximum Gasteiger partial charge on any atom is 0.326 e. The summed E-state index contributed by atoms with van der Waals surface area (Å²) in [7, 11) is 0. The second kappa shape index (κ2) is 13.1. The van der Waals surface area contributed by atoms with Crippen LogP contribution in [0.3, 0.4) is 0 Å². The van der Waals surface area contributed by atoms with E-state index < -0.39 is 79.2 Å². The first-order valence-electron chi connectivity index (χ1n) is 8.82. The molecule has 0 bridgehead atoms. The number of carbonyl (C=O) groups excluding carboxylic acids is 3. The number of nitrogens with one attached hydrogen (secondary N) is 3. The van der Waals surface area contributed by atoms with E-state index >= 15 is 0 Å². The molecule has 170 valence electrons. The number of aliphatic hydroxyl groups excluding tert-OH is 1. The Balaban J connectivity index is 4.89. The van der Waals surface area contributed by atoms with Crippen LogP contribution < -0.4 is 21.7 Å². The molecule has 0 saturated heterocycles. The second-order valence-electron chi connectivity index (χ2n) is 6.37. The summed E-state index contributed by atoms with van der Waals surface area (Å²) >= 11 is 0. The molecule has 0 aliphatic heterocycles. The van der Waals surface area contributed by atoms with Gasteiger partial charge >= 0.3 is 17.9 Å². The third-order valence-electron chi connectivity index (χ3n) is 3.81. The Morgan fingerprint density at radius 1 is 0.833 bits per heavy atom. The van der Waals surface area contributed by atoms with Gasteiger partial charge in [0.1, 0.15) is 18.1 Å². The van der Waals surface area contributed by atoms with Crippen LogP contribution in [-0.2, 0) is 28.8 Å². The van der Waals surface area contributed by atoms with Gasteiger partial charge in [-0.1, -0.05) is 0 Å². The van der Waals surface area contributed by atoms with Gasteiger partial charge in [0.15, 0.2) is 0 Å². The molecule has 0 aromatic rings. The van der Waals surface area contributed by atoms with Crippen LogP contribution in [0, 0.1) is 0 Å². The van der Waals surface area contributed by atoms with Crippen LogP contribution in [0.15, 0.2) is 0 Å². The highest BCUT2D eigenvalue weighted by molar-refractivity contribution is 5.93. The minimum atomic E-state index is -1.49. The first-order valence-corrected chi connectivity index (χ1v) is 8.82. The molecule has 4 atom stereocenters. The predicted octanol–water partition coefficient (Wildman–Crippen LogP) is -3.41. The molecule has 4 unspecified atom stereocenters. The third-order valence-corrected chi connectivity index (χ3v) is 3.81. The van der Waals surface area contributed by atoms with Gasteiger partial charge in [0.25, 0.3) is 0 Å². The minimum absolute atomic E-state index is 0.336. The number of hydrogen-bond acceptors (Lipinski definition) is 8. The van der Waals surface area contributed by atoms with E-state index in [9.17, 15) is 33.9 Å². The molecule has 0 heterocycles. The Labute approximate surface area is 170 Å². The molecule has 0 aromatic carbocycles. The van der Waals surface area contributed by atoms with Crippen LogP contribution in [0.25, 0.3) is 0 Å². The Bertz CT molecular complexity index is 666. The van der Waals surface area contributed by atoms with Gasteiger partial charge < -0.3 is 42.1 Å². The molecule has 0 saturated carbocycles. The lowest BCUT2D eigenvalue weighted by molar-refractivity contribution is -0.143. The Hall–Kier alpha value is -3.26. The Kier molecular flexibility index (Phi) is 11.6. The van der Waals surface area contributed by atoms with Crippen molar-refractivity contribution in [2.24, 2.45) is 5.73 Å². The van der Waals surface area contributed by atoms with Crippen LogP contribution in [0.2, 0.25) is 0 Å². The molecule has 9 N–H and O–H groups in total. The van der Waals surface area contributed by atoms with Gasteiger partial charge in [-0.2, -0.15) is 0 Å². The number of carboxylic acids is 3. The van der Waals surface area contributed by atoms with Crippen LogP contribution in [0.4, 0.5) is 0 Å². The number of rotatable bonds is 14. The van der Waals surface area contributed by atoms with Crippen molar-refractivity contribution in [1.29, 1.82) is 0 Å². The first kappa shape index (κ1) is 26.7. The molecule has 0 aliphatic carbocycles. The fraction of sp³-hybridized carbons (Fsp3) is 0.625. The summed E-state index contributed by atoms with van der Waals surface area (Å²) in [5.41, 5.74) is 5.45. The van der Waals surface area contributed by atoms with Crippen LogP contribution in [0.1, 0.15) is 32.6 Å². The number of aliphatic carboxylic acids is 3. The van der Waals surface area contributed by atoms with Crippen molar-refractivity contribution in [2.45, 2.75) is 56.8 Å². The average molecular weight is 434 g/mol. The van der Waals surface area contributed by atoms with Gasteiger partial charge in [-0.25, -0.2) is 4.79 Å². The second-order valence-corrected chi connectivity index (χ2v) is 6.37. The number of amides is 3. The fourth-order valence-corrected chi connectivity index (χ4v) is 2.08. The molecule has 0 radical (unpaired) electrons. The van der Waals surface area contributed by atoms with Gasteiger partial charge in [-0.3, -0.25) is 24.0 Å². The van der Waals surface area contributed by atoms with Crippen molar-refractivity contribution in [2.75, 3.05) is 6.54 Å². The molecule has 3 amide bonds. The van der Waals surface area contributed by atoms with E-state index in [0.29, 0.717) is 0 Å². The zero-order chi connectivity index (χ0) is 23.4. The standard InChI is InChI=1S/C16H26N4O10/c1-7(21)13(17)15(28)20-8(2-4-11(23)24)14(27)18-6-10(22)19-9(16(29)30)3-5-12(25)26/h7-9,13,21H,2-6,17H2,1H3,(H,18,27)(H,19,22)(H,20,28)(H,23,24)(H,25,26)(H,29,30). The summed E-state index contributed by atoms with van der Waals surface area (Å²) in [6, 6.07) is -4.25. The summed E-state index contributed by atoms with van der Waals surface area (Å²) in [6.07, 6.45) is -2.95. The SMILES string of the molecule is CC(O)C(N)C(=O)NC(CCC(=O)O)C(=O)NCC(=O)NC(CCC(=O)O)C(=O)O. The zero-order valence-corrected chi connectivity index (χ0v) is 16.2. The van der Waals surface area contributed by atoms with Crippen molar-refractivity contribution in [3.05, 3.63) is 0 Å². The van der Waals surface area contributed by atoms with E-state index in [4.69, 9.17) is 21.1 Å². The molecule has 30 heavy (non-hydrogen) atoms. The predicted molar refractivity (Wildman–Crippen MR) is 97.9 cm³/mol. The maximum atomic E-state index is 12.2. The number of aliphatic hydroxyl groups is 1. The van der Waals surface area contributed by atoms with Gasteiger partial charge in [0.2, 0.25) is 17.7 Å². The number of nitrogens with two attached hydrogens (primary N) is 1. The monoisotopic (exact) mass is 434 g/mol. The quantitative estimate of drug-likeness (QED) is 0.134. The first-order chi connectivity index (χ1) is 13.8. The van der Waals surface area contributed by atoms with Crippen LogP contribution >= 0.6 is 0 Å². The lowest BCUT2D eigenvalue weighted by Crippen LogP contribution is -2.55. The highest BCUT2D eigenvalue weighted by Crippen LogP contribution is 2.01. The minimum Gasteiger partial charge on any atom is -0.481 e. The van der Waals surface area contributed by atoms with E-state index in [-0.39, 0.29) is 12.8 Å². The average Bonchev–Trinajstić information content (AvgIpc) is 2.64. The number of carbonyl (C=O) groups is 6. The van der Waals surface area contributed by atoms with Crippen LogP contribution in [-0.4, -0.2) is 86.8 Å². The smallest absolute Gasteiger partial charge is 0.326 e. The molecule has 0 fully saturated rings. The highest BCUT2D eigenvalue weighted by Gasteiger charge is 2.27. The fourth-order valence-electron chi connectivity index (χ4n) is 2.08. The van der Waals surface area contributed by atoms with E-state index in [1.165, 1.54) is 6.92 Å². The summed E-state index contributed by atoms with van der Waals surface area (Å²) in [6.45, 7) is 0.529. The lowest BCUT2D eigenvalue weighted by atomic mass is 10.1. The van der Waals surface area contributed by atoms with Crippen molar-refractivity contribution >= 4 is 35.6 Å². The zero-order valence-electron chi connectivity index (χ0n) is 16.2. The summed E-state index contributed by atoms with van der Waals surface area (Å²) in [5.74, 6) is -6.76. The van der Waals surface area contributed by atoms with E-state index in [1.807, 2.05) is 5.32 Å². The maximum absolute atomic E-state index is 12.2. The van der Waals surface area contributed by atoms with Crippen molar-refractivity contribution in [3.63, 3.8) is 0 Å². The molecule has 0 rings (SSSR count). The Morgan fingerprint density at radius 2 is 1.33 bits per heavy atom. The van der Waals surface area contributed by atoms with E-state index in [0.717, 1.165) is 0 Å². The molecular weight excluding hydrogens is 408 g/mol. The van der Waals surface area contributed by atoms with Gasteiger partial charge in [-0.05, 0) is 19.8 Å².